The highest BCUT2D eigenvalue weighted by Crippen LogP contribution is 2.10. The number of aromatic nitrogens is 3. The Labute approximate surface area is 87.9 Å². The van der Waals surface area contributed by atoms with Crippen molar-refractivity contribution < 1.29 is 4.79 Å². The van der Waals surface area contributed by atoms with Gasteiger partial charge in [0.1, 0.15) is 0 Å². The molecule has 0 aliphatic carbocycles. The number of carbonyl (C=O) groups is 1. The van der Waals surface area contributed by atoms with Gasteiger partial charge in [0.05, 0.1) is 0 Å². The smallest absolute Gasteiger partial charge is 0.158 e. The Morgan fingerprint density at radius 3 is 3.00 bits per heavy atom. The van der Waals surface area contributed by atoms with Crippen molar-refractivity contribution in [3.8, 4) is 0 Å². The topological polar surface area (TPSA) is 47.3 Å². The summed E-state index contributed by atoms with van der Waals surface area (Å²) in [5.41, 5.74) is 2.45. The average Bonchev–Trinajstić information content (AvgIpc) is 2.61. The number of aryl methyl sites for hydroxylation is 2. The van der Waals surface area contributed by atoms with Gasteiger partial charge >= 0.3 is 0 Å². The van der Waals surface area contributed by atoms with E-state index in [2.05, 4.69) is 17.0 Å². The molecule has 2 aromatic rings. The van der Waals surface area contributed by atoms with E-state index < -0.39 is 0 Å². The standard InChI is InChI=1S/C11H13N3O/c1-3-4-10-12-11-8(2)5-9(7-15)6-14(11)13-10/h5-7H,3-4H2,1-2H3. The van der Waals surface area contributed by atoms with Crippen LogP contribution in [0.2, 0.25) is 0 Å². The molecule has 4 heteroatoms. The summed E-state index contributed by atoms with van der Waals surface area (Å²) in [6, 6.07) is 1.83. The Morgan fingerprint density at radius 1 is 1.53 bits per heavy atom. The third kappa shape index (κ3) is 1.75. The molecule has 2 rings (SSSR count). The second kappa shape index (κ2) is 3.81. The van der Waals surface area contributed by atoms with Crippen LogP contribution in [0.15, 0.2) is 12.3 Å². The van der Waals surface area contributed by atoms with Crippen LogP contribution in [-0.2, 0) is 6.42 Å². The molecule has 2 heterocycles. The first-order valence-electron chi connectivity index (χ1n) is 5.05. The normalized spacial score (nSPS) is 10.8. The Bertz CT molecular complexity index is 502. The van der Waals surface area contributed by atoms with Gasteiger partial charge in [0.2, 0.25) is 0 Å². The molecule has 0 aromatic carbocycles. The lowest BCUT2D eigenvalue weighted by atomic mass is 10.2. The molecule has 0 saturated heterocycles. The average molecular weight is 203 g/mol. The molecule has 0 radical (unpaired) electrons. The lowest BCUT2D eigenvalue weighted by Crippen LogP contribution is -1.93. The third-order valence-corrected chi connectivity index (χ3v) is 2.29. The SMILES string of the molecule is CCCc1nc2c(C)cc(C=O)cn2n1. The monoisotopic (exact) mass is 203 g/mol. The van der Waals surface area contributed by atoms with Crippen LogP contribution in [0.3, 0.4) is 0 Å². The molecule has 0 fully saturated rings. The molecule has 0 amide bonds. The van der Waals surface area contributed by atoms with Crippen molar-refractivity contribution in [3.63, 3.8) is 0 Å². The Kier molecular flexibility index (Phi) is 2.49. The van der Waals surface area contributed by atoms with Crippen molar-refractivity contribution in [2.75, 3.05) is 0 Å². The number of aldehydes is 1. The highest BCUT2D eigenvalue weighted by Gasteiger charge is 2.06. The van der Waals surface area contributed by atoms with Crippen LogP contribution in [0.4, 0.5) is 0 Å². The molecule has 2 aromatic heterocycles. The molecule has 0 unspecified atom stereocenters. The molecule has 0 aliphatic rings. The van der Waals surface area contributed by atoms with E-state index in [-0.39, 0.29) is 0 Å². The maximum absolute atomic E-state index is 10.7. The molecule has 0 atom stereocenters. The van der Waals surface area contributed by atoms with E-state index in [0.29, 0.717) is 5.56 Å². The Morgan fingerprint density at radius 2 is 2.33 bits per heavy atom. The number of nitrogens with zero attached hydrogens (tertiary/aromatic N) is 3. The summed E-state index contributed by atoms with van der Waals surface area (Å²) >= 11 is 0. The Hall–Kier alpha value is -1.71. The minimum Gasteiger partial charge on any atom is -0.298 e. The lowest BCUT2D eigenvalue weighted by molar-refractivity contribution is 0.112. The fourth-order valence-corrected chi connectivity index (χ4v) is 1.61. The summed E-state index contributed by atoms with van der Waals surface area (Å²) in [4.78, 5) is 15.1. The quantitative estimate of drug-likeness (QED) is 0.715. The molecule has 78 valence electrons. The second-order valence-electron chi connectivity index (χ2n) is 3.62. The minimum absolute atomic E-state index is 0.632. The predicted octanol–water partition coefficient (Wildman–Crippen LogP) is 1.80. The zero-order valence-corrected chi connectivity index (χ0v) is 8.90. The van der Waals surface area contributed by atoms with Crippen LogP contribution >= 0.6 is 0 Å². The van der Waals surface area contributed by atoms with Gasteiger partial charge in [-0.1, -0.05) is 6.92 Å². The van der Waals surface area contributed by atoms with Gasteiger partial charge in [-0.05, 0) is 25.0 Å². The maximum Gasteiger partial charge on any atom is 0.158 e. The highest BCUT2D eigenvalue weighted by atomic mass is 16.1. The van der Waals surface area contributed by atoms with E-state index in [1.165, 1.54) is 0 Å². The van der Waals surface area contributed by atoms with Gasteiger partial charge in [-0.3, -0.25) is 4.79 Å². The van der Waals surface area contributed by atoms with E-state index in [1.54, 1.807) is 10.7 Å². The first-order valence-corrected chi connectivity index (χ1v) is 5.05. The van der Waals surface area contributed by atoms with Gasteiger partial charge in [0, 0.05) is 18.2 Å². The molecule has 0 saturated carbocycles. The largest absolute Gasteiger partial charge is 0.298 e. The van der Waals surface area contributed by atoms with Crippen LogP contribution in [0.5, 0.6) is 0 Å². The van der Waals surface area contributed by atoms with E-state index in [4.69, 9.17) is 0 Å². The summed E-state index contributed by atoms with van der Waals surface area (Å²) in [6.45, 7) is 4.03. The number of carbonyl (C=O) groups excluding carboxylic acids is 1. The van der Waals surface area contributed by atoms with Crippen molar-refractivity contribution in [2.45, 2.75) is 26.7 Å². The maximum atomic E-state index is 10.7. The zero-order valence-electron chi connectivity index (χ0n) is 8.90. The number of pyridine rings is 1. The van der Waals surface area contributed by atoms with Crippen LogP contribution in [0.1, 0.15) is 35.1 Å². The van der Waals surface area contributed by atoms with Crippen molar-refractivity contribution in [1.82, 2.24) is 14.6 Å². The molecule has 0 N–H and O–H groups in total. The fourth-order valence-electron chi connectivity index (χ4n) is 1.61. The summed E-state index contributed by atoms with van der Waals surface area (Å²) < 4.78 is 1.68. The molecular weight excluding hydrogens is 190 g/mol. The molecule has 15 heavy (non-hydrogen) atoms. The molecule has 4 nitrogen and oxygen atoms in total. The summed E-state index contributed by atoms with van der Waals surface area (Å²) in [5, 5.41) is 4.32. The summed E-state index contributed by atoms with van der Waals surface area (Å²) in [5.74, 6) is 0.837. The Balaban J connectivity index is 2.59. The number of rotatable bonds is 3. The van der Waals surface area contributed by atoms with Gasteiger partial charge in [-0.15, -0.1) is 0 Å². The van der Waals surface area contributed by atoms with Crippen LogP contribution < -0.4 is 0 Å². The van der Waals surface area contributed by atoms with Gasteiger partial charge < -0.3 is 0 Å². The van der Waals surface area contributed by atoms with Gasteiger partial charge in [0.15, 0.2) is 17.8 Å². The van der Waals surface area contributed by atoms with Crippen molar-refractivity contribution in [2.24, 2.45) is 0 Å². The van der Waals surface area contributed by atoms with Crippen molar-refractivity contribution >= 4 is 11.9 Å². The van der Waals surface area contributed by atoms with E-state index in [1.807, 2.05) is 13.0 Å². The second-order valence-corrected chi connectivity index (χ2v) is 3.62. The fraction of sp³-hybridized carbons (Fsp3) is 0.364. The van der Waals surface area contributed by atoms with Gasteiger partial charge in [0.25, 0.3) is 0 Å². The first kappa shape index (κ1) is 9.83. The van der Waals surface area contributed by atoms with Crippen LogP contribution in [0, 0.1) is 6.92 Å². The molecule has 0 bridgehead atoms. The van der Waals surface area contributed by atoms with Gasteiger partial charge in [-0.2, -0.15) is 5.10 Å². The molecule has 0 spiro atoms. The summed E-state index contributed by atoms with van der Waals surface area (Å²) in [6.07, 6.45) is 4.43. The molecule has 0 aliphatic heterocycles. The highest BCUT2D eigenvalue weighted by molar-refractivity contribution is 5.75. The third-order valence-electron chi connectivity index (χ3n) is 2.29. The lowest BCUT2D eigenvalue weighted by Gasteiger charge is -1.96. The van der Waals surface area contributed by atoms with Crippen molar-refractivity contribution in [3.05, 3.63) is 29.2 Å². The van der Waals surface area contributed by atoms with E-state index in [0.717, 1.165) is 36.2 Å². The zero-order chi connectivity index (χ0) is 10.8. The van der Waals surface area contributed by atoms with Crippen LogP contribution in [-0.4, -0.2) is 20.9 Å². The van der Waals surface area contributed by atoms with Crippen molar-refractivity contribution in [1.29, 1.82) is 0 Å². The summed E-state index contributed by atoms with van der Waals surface area (Å²) in [7, 11) is 0. The minimum atomic E-state index is 0.632. The predicted molar refractivity (Wildman–Crippen MR) is 57.1 cm³/mol. The number of fused-ring (bicyclic) bond motifs is 1. The van der Waals surface area contributed by atoms with Gasteiger partial charge in [-0.25, -0.2) is 9.50 Å². The number of hydrogen-bond donors (Lipinski definition) is 0. The van der Waals surface area contributed by atoms with E-state index in [9.17, 15) is 4.79 Å². The number of hydrogen-bond acceptors (Lipinski definition) is 3. The van der Waals surface area contributed by atoms with Crippen LogP contribution in [0.25, 0.3) is 5.65 Å². The molecular formula is C11H13N3O. The van der Waals surface area contributed by atoms with E-state index >= 15 is 0 Å². The first-order chi connectivity index (χ1) is 7.24.